The molecule has 6 heteroatoms. The Morgan fingerprint density at radius 3 is 1.71 bits per heavy atom. The summed E-state index contributed by atoms with van der Waals surface area (Å²) >= 11 is 0. The third-order valence-electron chi connectivity index (χ3n) is 4.73. The fraction of sp³-hybridized carbons (Fsp3) is 0.556. The van der Waals surface area contributed by atoms with Gasteiger partial charge in [-0.15, -0.1) is 0 Å². The van der Waals surface area contributed by atoms with E-state index in [4.69, 9.17) is 18.9 Å². The van der Waals surface area contributed by atoms with E-state index in [1.807, 2.05) is 13.8 Å². The Morgan fingerprint density at radius 1 is 0.917 bits per heavy atom. The maximum atomic E-state index is 12.0. The first kappa shape index (κ1) is 16.9. The molecule has 1 aliphatic carbocycles. The van der Waals surface area contributed by atoms with E-state index in [0.717, 1.165) is 24.0 Å². The molecular formula is C18H22O6. The normalized spacial score (nSPS) is 20.5. The van der Waals surface area contributed by atoms with Crippen molar-refractivity contribution in [2.24, 2.45) is 5.41 Å². The molecule has 3 rings (SSSR count). The molecule has 1 heterocycles. The van der Waals surface area contributed by atoms with Gasteiger partial charge in [-0.2, -0.15) is 0 Å². The third kappa shape index (κ3) is 2.91. The van der Waals surface area contributed by atoms with Gasteiger partial charge in [0.1, 0.15) is 0 Å². The Bertz CT molecular complexity index is 634. The standard InChI is InChI=1S/C18H22O6/c1-17(2)23-9-18(10-24-17)7-11-5-13(15(19)21-3)14(16(20)22-4)6-12(11)8-18/h5-6H,7-10H2,1-4H3. The van der Waals surface area contributed by atoms with Crippen molar-refractivity contribution < 1.29 is 28.5 Å². The van der Waals surface area contributed by atoms with Gasteiger partial charge in [-0.05, 0) is 49.9 Å². The lowest BCUT2D eigenvalue weighted by Gasteiger charge is -2.41. The molecule has 0 atom stereocenters. The van der Waals surface area contributed by atoms with Crippen LogP contribution in [0.1, 0.15) is 45.7 Å². The molecule has 0 amide bonds. The van der Waals surface area contributed by atoms with Crippen LogP contribution < -0.4 is 0 Å². The Morgan fingerprint density at radius 2 is 1.33 bits per heavy atom. The monoisotopic (exact) mass is 334 g/mol. The zero-order valence-electron chi connectivity index (χ0n) is 14.4. The van der Waals surface area contributed by atoms with Gasteiger partial charge in [0.2, 0.25) is 0 Å². The molecule has 1 aliphatic heterocycles. The Kier molecular flexibility index (Phi) is 4.13. The van der Waals surface area contributed by atoms with Gasteiger partial charge in [-0.25, -0.2) is 9.59 Å². The van der Waals surface area contributed by atoms with Crippen LogP contribution in [0.3, 0.4) is 0 Å². The zero-order chi connectivity index (χ0) is 17.5. The van der Waals surface area contributed by atoms with Crippen LogP contribution in [0.25, 0.3) is 0 Å². The number of methoxy groups -OCH3 is 2. The van der Waals surface area contributed by atoms with E-state index < -0.39 is 17.7 Å². The molecule has 0 N–H and O–H groups in total. The number of fused-ring (bicyclic) bond motifs is 1. The second-order valence-electron chi connectivity index (χ2n) is 6.98. The fourth-order valence-corrected chi connectivity index (χ4v) is 3.39. The summed E-state index contributed by atoms with van der Waals surface area (Å²) in [5.74, 6) is -1.66. The van der Waals surface area contributed by atoms with E-state index in [1.165, 1.54) is 14.2 Å². The van der Waals surface area contributed by atoms with Crippen LogP contribution in [-0.4, -0.2) is 45.2 Å². The van der Waals surface area contributed by atoms with Crippen molar-refractivity contribution in [2.75, 3.05) is 27.4 Å². The summed E-state index contributed by atoms with van der Waals surface area (Å²) in [7, 11) is 2.59. The second-order valence-corrected chi connectivity index (χ2v) is 6.98. The van der Waals surface area contributed by atoms with Crippen LogP contribution in [-0.2, 0) is 31.8 Å². The molecule has 130 valence electrons. The SMILES string of the molecule is COC(=O)c1cc2c(cc1C(=O)OC)CC1(COC(C)(C)OC1)C2. The van der Waals surface area contributed by atoms with E-state index in [9.17, 15) is 9.59 Å². The number of carbonyl (C=O) groups is 2. The molecule has 24 heavy (non-hydrogen) atoms. The van der Waals surface area contributed by atoms with E-state index in [2.05, 4.69) is 0 Å². The topological polar surface area (TPSA) is 71.1 Å². The molecule has 2 aliphatic rings. The van der Waals surface area contributed by atoms with Gasteiger partial charge in [0.15, 0.2) is 5.79 Å². The Hall–Kier alpha value is -1.92. The number of benzene rings is 1. The molecule has 1 aromatic carbocycles. The number of hydrogen-bond acceptors (Lipinski definition) is 6. The Balaban J connectivity index is 1.95. The zero-order valence-corrected chi connectivity index (χ0v) is 14.4. The molecule has 0 bridgehead atoms. The Labute approximate surface area is 141 Å². The van der Waals surface area contributed by atoms with Crippen molar-refractivity contribution in [3.8, 4) is 0 Å². The first-order valence-electron chi connectivity index (χ1n) is 7.89. The van der Waals surface area contributed by atoms with Crippen LogP contribution >= 0.6 is 0 Å². The van der Waals surface area contributed by atoms with Crippen LogP contribution in [0.4, 0.5) is 0 Å². The van der Waals surface area contributed by atoms with Crippen molar-refractivity contribution in [3.63, 3.8) is 0 Å². The van der Waals surface area contributed by atoms with Crippen LogP contribution in [0.15, 0.2) is 12.1 Å². The molecule has 1 aromatic rings. The van der Waals surface area contributed by atoms with Gasteiger partial charge < -0.3 is 18.9 Å². The van der Waals surface area contributed by atoms with Crippen LogP contribution in [0.5, 0.6) is 0 Å². The summed E-state index contributed by atoms with van der Waals surface area (Å²) in [4.78, 5) is 24.1. The second kappa shape index (κ2) is 5.86. The largest absolute Gasteiger partial charge is 0.465 e. The highest BCUT2D eigenvalue weighted by atomic mass is 16.7. The smallest absolute Gasteiger partial charge is 0.338 e. The summed E-state index contributed by atoms with van der Waals surface area (Å²) in [6.45, 7) is 4.95. The molecule has 0 aromatic heterocycles. The molecular weight excluding hydrogens is 312 g/mol. The average Bonchev–Trinajstić information content (AvgIpc) is 2.92. The number of rotatable bonds is 2. The number of ether oxygens (including phenoxy) is 4. The van der Waals surface area contributed by atoms with Crippen LogP contribution in [0, 0.1) is 5.41 Å². The van der Waals surface area contributed by atoms with Gasteiger partial charge in [0.05, 0.1) is 38.6 Å². The van der Waals surface area contributed by atoms with E-state index >= 15 is 0 Å². The summed E-state index contributed by atoms with van der Waals surface area (Å²) in [6.07, 6.45) is 1.48. The first-order valence-corrected chi connectivity index (χ1v) is 7.89. The number of hydrogen-bond donors (Lipinski definition) is 0. The fourth-order valence-electron chi connectivity index (χ4n) is 3.39. The van der Waals surface area contributed by atoms with E-state index in [1.54, 1.807) is 12.1 Å². The van der Waals surface area contributed by atoms with Crippen molar-refractivity contribution in [2.45, 2.75) is 32.5 Å². The molecule has 0 unspecified atom stereocenters. The predicted molar refractivity (Wildman–Crippen MR) is 84.9 cm³/mol. The summed E-state index contributed by atoms with van der Waals surface area (Å²) in [5, 5.41) is 0. The summed E-state index contributed by atoms with van der Waals surface area (Å²) < 4.78 is 21.3. The first-order chi connectivity index (χ1) is 11.3. The van der Waals surface area contributed by atoms with Crippen molar-refractivity contribution in [1.29, 1.82) is 0 Å². The number of carbonyl (C=O) groups excluding carboxylic acids is 2. The number of esters is 2. The van der Waals surface area contributed by atoms with Gasteiger partial charge >= 0.3 is 11.9 Å². The lowest BCUT2D eigenvalue weighted by molar-refractivity contribution is -0.283. The highest BCUT2D eigenvalue weighted by molar-refractivity contribution is 6.03. The highest BCUT2D eigenvalue weighted by Crippen LogP contribution is 2.42. The lowest BCUT2D eigenvalue weighted by Crippen LogP contribution is -2.47. The van der Waals surface area contributed by atoms with E-state index in [-0.39, 0.29) is 16.5 Å². The van der Waals surface area contributed by atoms with Crippen molar-refractivity contribution in [1.82, 2.24) is 0 Å². The summed E-state index contributed by atoms with van der Waals surface area (Å²) in [6, 6.07) is 3.48. The highest BCUT2D eigenvalue weighted by Gasteiger charge is 2.44. The molecule has 1 fully saturated rings. The molecule has 1 spiro atoms. The average molecular weight is 334 g/mol. The molecule has 0 saturated carbocycles. The quantitative estimate of drug-likeness (QED) is 0.772. The van der Waals surface area contributed by atoms with Gasteiger partial charge in [0.25, 0.3) is 0 Å². The minimum Gasteiger partial charge on any atom is -0.465 e. The minimum absolute atomic E-state index is 0.153. The molecule has 6 nitrogen and oxygen atoms in total. The maximum Gasteiger partial charge on any atom is 0.338 e. The third-order valence-corrected chi connectivity index (χ3v) is 4.73. The molecule has 1 saturated heterocycles. The minimum atomic E-state index is -0.575. The van der Waals surface area contributed by atoms with Gasteiger partial charge in [-0.1, -0.05) is 0 Å². The predicted octanol–water partition coefficient (Wildman–Crippen LogP) is 2.13. The van der Waals surface area contributed by atoms with Crippen molar-refractivity contribution in [3.05, 3.63) is 34.4 Å². The van der Waals surface area contributed by atoms with Gasteiger partial charge in [-0.3, -0.25) is 0 Å². The van der Waals surface area contributed by atoms with Crippen LogP contribution in [0.2, 0.25) is 0 Å². The summed E-state index contributed by atoms with van der Waals surface area (Å²) in [5.41, 5.74) is 2.36. The lowest BCUT2D eigenvalue weighted by atomic mass is 9.85. The molecule has 0 radical (unpaired) electrons. The maximum absolute atomic E-state index is 12.0. The van der Waals surface area contributed by atoms with Gasteiger partial charge in [0, 0.05) is 5.41 Å². The van der Waals surface area contributed by atoms with E-state index in [0.29, 0.717) is 13.2 Å². The van der Waals surface area contributed by atoms with Crippen molar-refractivity contribution >= 4 is 11.9 Å².